The van der Waals surface area contributed by atoms with Gasteiger partial charge >= 0.3 is 0 Å². The molecule has 0 aliphatic rings. The first-order valence-electron chi connectivity index (χ1n) is 17.1. The van der Waals surface area contributed by atoms with Crippen LogP contribution in [0, 0.1) is 0 Å². The minimum Gasteiger partial charge on any atom is -0.455 e. The number of nitrogens with zero attached hydrogens (tertiary/aromatic N) is 3. The molecule has 0 atom stereocenters. The molecule has 2 aromatic heterocycles. The van der Waals surface area contributed by atoms with Crippen LogP contribution in [0.25, 0.3) is 99.9 Å². The highest BCUT2D eigenvalue weighted by molar-refractivity contribution is 6.23. The smallest absolute Gasteiger partial charge is 0.164 e. The van der Waals surface area contributed by atoms with E-state index in [-0.39, 0.29) is 0 Å². The fraction of sp³-hybridized carbons (Fsp3) is 0. The minimum absolute atomic E-state index is 0.638. The van der Waals surface area contributed by atoms with Gasteiger partial charge in [-0.1, -0.05) is 158 Å². The lowest BCUT2D eigenvalue weighted by atomic mass is 9.89. The number of aromatic nitrogens is 3. The molecule has 10 rings (SSSR count). The second-order valence-corrected chi connectivity index (χ2v) is 12.7. The van der Waals surface area contributed by atoms with Crippen molar-refractivity contribution in [1.29, 1.82) is 0 Å². The zero-order valence-electron chi connectivity index (χ0n) is 27.5. The van der Waals surface area contributed by atoms with Crippen molar-refractivity contribution in [2.75, 3.05) is 0 Å². The van der Waals surface area contributed by atoms with Crippen LogP contribution in [0.2, 0.25) is 0 Å². The Morgan fingerprint density at radius 2 is 0.804 bits per heavy atom. The molecule has 0 unspecified atom stereocenters. The standard InChI is InChI=1S/C47H29N3O/c1-4-15-30(16-5-1)33-25-14-26-42-43(33)41-29-40(36-23-12-13-24-38(36)44(41)51-42)37-27-28-39(35-22-11-10-21-34(35)37)47-49-45(31-17-6-2-7-18-31)48-46(50-47)32-19-8-3-9-20-32/h1-29H. The predicted octanol–water partition coefficient (Wildman–Crippen LogP) is 12.4. The van der Waals surface area contributed by atoms with Gasteiger partial charge in [0.2, 0.25) is 0 Å². The molecule has 2 heterocycles. The summed E-state index contributed by atoms with van der Waals surface area (Å²) in [5.41, 5.74) is 9.24. The Labute approximate surface area is 294 Å². The van der Waals surface area contributed by atoms with Crippen LogP contribution in [0.3, 0.4) is 0 Å². The van der Waals surface area contributed by atoms with Crippen LogP contribution in [-0.4, -0.2) is 15.0 Å². The van der Waals surface area contributed by atoms with E-state index < -0.39 is 0 Å². The van der Waals surface area contributed by atoms with E-state index in [1.165, 1.54) is 0 Å². The van der Waals surface area contributed by atoms with Crippen LogP contribution in [0.4, 0.5) is 0 Å². The van der Waals surface area contributed by atoms with Gasteiger partial charge in [0.25, 0.3) is 0 Å². The third kappa shape index (κ3) is 4.88. The second-order valence-electron chi connectivity index (χ2n) is 12.7. The first-order valence-corrected chi connectivity index (χ1v) is 17.1. The van der Waals surface area contributed by atoms with E-state index >= 15 is 0 Å². The molecule has 0 aliphatic carbocycles. The first-order chi connectivity index (χ1) is 25.3. The van der Waals surface area contributed by atoms with Gasteiger partial charge in [-0.2, -0.15) is 0 Å². The molecule has 10 aromatic rings. The Morgan fingerprint density at radius 3 is 1.43 bits per heavy atom. The highest BCUT2D eigenvalue weighted by Gasteiger charge is 2.20. The monoisotopic (exact) mass is 651 g/mol. The molecule has 0 amide bonds. The predicted molar refractivity (Wildman–Crippen MR) is 209 cm³/mol. The van der Waals surface area contributed by atoms with Gasteiger partial charge in [-0.25, -0.2) is 15.0 Å². The largest absolute Gasteiger partial charge is 0.455 e. The van der Waals surface area contributed by atoms with E-state index in [2.05, 4.69) is 115 Å². The van der Waals surface area contributed by atoms with Gasteiger partial charge in [0, 0.05) is 32.8 Å². The van der Waals surface area contributed by atoms with Crippen LogP contribution in [-0.2, 0) is 0 Å². The molecule has 0 fully saturated rings. The summed E-state index contributed by atoms with van der Waals surface area (Å²) in [5.74, 6) is 1.93. The normalized spacial score (nSPS) is 11.5. The van der Waals surface area contributed by atoms with Gasteiger partial charge < -0.3 is 4.42 Å². The van der Waals surface area contributed by atoms with Crippen molar-refractivity contribution in [2.24, 2.45) is 0 Å². The van der Waals surface area contributed by atoms with Crippen LogP contribution in [0.1, 0.15) is 0 Å². The molecular weight excluding hydrogens is 623 g/mol. The van der Waals surface area contributed by atoms with Crippen LogP contribution in [0.15, 0.2) is 180 Å². The van der Waals surface area contributed by atoms with Gasteiger partial charge in [-0.05, 0) is 56.6 Å². The number of furan rings is 1. The Bertz CT molecular complexity index is 2840. The van der Waals surface area contributed by atoms with Gasteiger partial charge in [0.1, 0.15) is 11.2 Å². The summed E-state index contributed by atoms with van der Waals surface area (Å²) in [7, 11) is 0. The summed E-state index contributed by atoms with van der Waals surface area (Å²) in [5, 5.41) is 6.65. The lowest BCUT2D eigenvalue weighted by molar-refractivity contribution is 0.673. The SMILES string of the molecule is c1ccc(-c2nc(-c3ccccc3)nc(-c3ccc(-c4cc5c(oc6cccc(-c7ccccc7)c65)c5ccccc45)c4ccccc34)n2)cc1. The van der Waals surface area contributed by atoms with Crippen molar-refractivity contribution in [1.82, 2.24) is 15.0 Å². The molecule has 0 saturated heterocycles. The molecule has 0 N–H and O–H groups in total. The lowest BCUT2D eigenvalue weighted by Gasteiger charge is -2.15. The third-order valence-corrected chi connectivity index (χ3v) is 9.74. The summed E-state index contributed by atoms with van der Waals surface area (Å²) >= 11 is 0. The van der Waals surface area contributed by atoms with Crippen molar-refractivity contribution in [3.63, 3.8) is 0 Å². The second kappa shape index (κ2) is 11.9. The molecule has 4 heteroatoms. The summed E-state index contributed by atoms with van der Waals surface area (Å²) in [6.07, 6.45) is 0. The molecule has 238 valence electrons. The molecule has 0 radical (unpaired) electrons. The van der Waals surface area contributed by atoms with E-state index in [0.29, 0.717) is 17.5 Å². The summed E-state index contributed by atoms with van der Waals surface area (Å²) in [6, 6.07) is 61.0. The third-order valence-electron chi connectivity index (χ3n) is 9.74. The number of hydrogen-bond acceptors (Lipinski definition) is 4. The fourth-order valence-electron chi connectivity index (χ4n) is 7.39. The maximum absolute atomic E-state index is 6.66. The van der Waals surface area contributed by atoms with Gasteiger partial charge in [0.05, 0.1) is 0 Å². The summed E-state index contributed by atoms with van der Waals surface area (Å²) in [6.45, 7) is 0. The molecule has 8 aromatic carbocycles. The molecule has 0 bridgehead atoms. The van der Waals surface area contributed by atoms with Crippen molar-refractivity contribution < 1.29 is 4.42 Å². The van der Waals surface area contributed by atoms with Gasteiger partial charge in [-0.3, -0.25) is 0 Å². The van der Waals surface area contributed by atoms with E-state index in [9.17, 15) is 0 Å². The van der Waals surface area contributed by atoms with E-state index in [0.717, 1.165) is 82.4 Å². The number of fused-ring (bicyclic) bond motifs is 6. The Balaban J connectivity index is 1.23. The molecular formula is C47H29N3O. The van der Waals surface area contributed by atoms with Crippen molar-refractivity contribution >= 4 is 43.5 Å². The highest BCUT2D eigenvalue weighted by Crippen LogP contribution is 2.45. The van der Waals surface area contributed by atoms with E-state index in [1.807, 2.05) is 60.7 Å². The Kier molecular flexibility index (Phi) is 6.78. The van der Waals surface area contributed by atoms with Crippen LogP contribution in [0.5, 0.6) is 0 Å². The number of benzene rings is 8. The zero-order valence-corrected chi connectivity index (χ0v) is 27.5. The Hall–Kier alpha value is -6.91. The van der Waals surface area contributed by atoms with Crippen molar-refractivity contribution in [3.8, 4) is 56.4 Å². The Morgan fingerprint density at radius 1 is 0.314 bits per heavy atom. The maximum Gasteiger partial charge on any atom is 0.164 e. The van der Waals surface area contributed by atoms with Gasteiger partial charge in [0.15, 0.2) is 17.5 Å². The molecule has 0 aliphatic heterocycles. The highest BCUT2D eigenvalue weighted by atomic mass is 16.3. The number of rotatable bonds is 5. The average molecular weight is 652 g/mol. The lowest BCUT2D eigenvalue weighted by Crippen LogP contribution is -2.00. The minimum atomic E-state index is 0.638. The zero-order chi connectivity index (χ0) is 33.7. The van der Waals surface area contributed by atoms with Crippen LogP contribution >= 0.6 is 0 Å². The van der Waals surface area contributed by atoms with Crippen molar-refractivity contribution in [2.45, 2.75) is 0 Å². The first kappa shape index (κ1) is 29.0. The fourth-order valence-corrected chi connectivity index (χ4v) is 7.39. The van der Waals surface area contributed by atoms with Gasteiger partial charge in [-0.15, -0.1) is 0 Å². The average Bonchev–Trinajstić information content (AvgIpc) is 3.60. The molecule has 51 heavy (non-hydrogen) atoms. The van der Waals surface area contributed by atoms with Crippen molar-refractivity contribution in [3.05, 3.63) is 176 Å². The van der Waals surface area contributed by atoms with E-state index in [1.54, 1.807) is 0 Å². The topological polar surface area (TPSA) is 51.8 Å². The summed E-state index contributed by atoms with van der Waals surface area (Å²) < 4.78 is 6.66. The molecule has 0 spiro atoms. The maximum atomic E-state index is 6.66. The van der Waals surface area contributed by atoms with E-state index in [4.69, 9.17) is 19.4 Å². The van der Waals surface area contributed by atoms with Crippen LogP contribution < -0.4 is 0 Å². The summed E-state index contributed by atoms with van der Waals surface area (Å²) in [4.78, 5) is 15.1. The molecule has 4 nitrogen and oxygen atoms in total. The molecule has 0 saturated carbocycles. The number of hydrogen-bond donors (Lipinski definition) is 0. The quantitative estimate of drug-likeness (QED) is 0.186.